The fourth-order valence-electron chi connectivity index (χ4n) is 3.43. The molecule has 0 N–H and O–H groups in total. The van der Waals surface area contributed by atoms with Crippen LogP contribution in [0.1, 0.15) is 11.7 Å². The van der Waals surface area contributed by atoms with Crippen LogP contribution in [0.5, 0.6) is 0 Å². The molecule has 7 nitrogen and oxygen atoms in total. The zero-order valence-electron chi connectivity index (χ0n) is 16.1. The summed E-state index contributed by atoms with van der Waals surface area (Å²) in [5, 5.41) is -1.41. The van der Waals surface area contributed by atoms with Gasteiger partial charge in [0.1, 0.15) is 11.9 Å². The lowest BCUT2D eigenvalue weighted by Gasteiger charge is -2.33. The van der Waals surface area contributed by atoms with Crippen LogP contribution in [-0.2, 0) is 19.5 Å². The van der Waals surface area contributed by atoms with Gasteiger partial charge in [-0.2, -0.15) is 0 Å². The van der Waals surface area contributed by atoms with Gasteiger partial charge in [-0.15, -0.1) is 0 Å². The van der Waals surface area contributed by atoms with Gasteiger partial charge >= 0.3 is 0 Å². The summed E-state index contributed by atoms with van der Waals surface area (Å²) in [6, 6.07) is 6.72. The number of alkyl halides is 1. The summed E-state index contributed by atoms with van der Waals surface area (Å²) in [6.07, 6.45) is 9.32. The monoisotopic (exact) mass is 433 g/mol. The van der Waals surface area contributed by atoms with Crippen molar-refractivity contribution in [2.75, 3.05) is 14.2 Å². The molecule has 2 heterocycles. The van der Waals surface area contributed by atoms with E-state index in [9.17, 15) is 8.42 Å². The topological polar surface area (TPSA) is 73.7 Å². The second-order valence-corrected chi connectivity index (χ2v) is 9.13. The number of nitrogens with zero attached hydrogens (tertiary/aromatic N) is 3. The summed E-state index contributed by atoms with van der Waals surface area (Å²) in [5.41, 5.74) is 2.06. The quantitative estimate of drug-likeness (QED) is 0.676. The first-order valence-corrected chi connectivity index (χ1v) is 10.7. The van der Waals surface area contributed by atoms with Crippen LogP contribution >= 0.6 is 11.6 Å². The number of benzene rings is 1. The first-order valence-electron chi connectivity index (χ1n) is 8.84. The van der Waals surface area contributed by atoms with Crippen molar-refractivity contribution in [1.82, 2.24) is 13.9 Å². The van der Waals surface area contributed by atoms with Crippen molar-refractivity contribution >= 4 is 21.6 Å². The zero-order chi connectivity index (χ0) is 20.8. The third-order valence-electron chi connectivity index (χ3n) is 4.97. The first-order chi connectivity index (χ1) is 13.8. The third-order valence-corrected chi connectivity index (χ3v) is 7.22. The summed E-state index contributed by atoms with van der Waals surface area (Å²) >= 11 is 6.59. The number of rotatable bonds is 5. The summed E-state index contributed by atoms with van der Waals surface area (Å²) in [4.78, 5) is 4.25. The van der Waals surface area contributed by atoms with E-state index in [0.717, 1.165) is 5.56 Å². The highest BCUT2D eigenvalue weighted by atomic mass is 35.5. The highest BCUT2D eigenvalue weighted by Crippen LogP contribution is 2.46. The van der Waals surface area contributed by atoms with E-state index in [-0.39, 0.29) is 4.90 Å². The van der Waals surface area contributed by atoms with Crippen molar-refractivity contribution in [3.05, 3.63) is 83.8 Å². The van der Waals surface area contributed by atoms with E-state index >= 15 is 0 Å². The average molecular weight is 434 g/mol. The fraction of sp³-hybridized carbons (Fsp3) is 0.250. The Bertz CT molecular complexity index is 1120. The summed E-state index contributed by atoms with van der Waals surface area (Å²) in [5.74, 6) is 0.371. The molecule has 0 fully saturated rings. The van der Waals surface area contributed by atoms with Gasteiger partial charge in [0, 0.05) is 25.1 Å². The molecule has 2 aromatic rings. The molecule has 2 atom stereocenters. The van der Waals surface area contributed by atoms with Gasteiger partial charge in [-0.25, -0.2) is 17.7 Å². The summed E-state index contributed by atoms with van der Waals surface area (Å²) < 4.78 is 41.1. The molecule has 4 rings (SSSR count). The molecule has 0 bridgehead atoms. The van der Waals surface area contributed by atoms with Crippen molar-refractivity contribution in [3.8, 4) is 0 Å². The molecule has 0 radical (unpaired) electrons. The number of imidazole rings is 1. The van der Waals surface area contributed by atoms with Gasteiger partial charge in [-0.3, -0.25) is 0 Å². The number of ether oxygens (including phenoxy) is 2. The van der Waals surface area contributed by atoms with Crippen LogP contribution in [-0.4, -0.2) is 41.6 Å². The predicted octanol–water partition coefficient (Wildman–Crippen LogP) is 3.33. The number of aromatic nitrogens is 2. The van der Waals surface area contributed by atoms with Gasteiger partial charge in [0.05, 0.1) is 24.0 Å². The van der Waals surface area contributed by atoms with E-state index < -0.39 is 21.2 Å². The molecule has 1 aliphatic carbocycles. The van der Waals surface area contributed by atoms with Gasteiger partial charge < -0.3 is 14.0 Å². The summed E-state index contributed by atoms with van der Waals surface area (Å²) in [7, 11) is -0.976. The van der Waals surface area contributed by atoms with E-state index in [2.05, 4.69) is 4.98 Å². The summed E-state index contributed by atoms with van der Waals surface area (Å²) in [6.45, 7) is 1.90. The Morgan fingerprint density at radius 2 is 1.93 bits per heavy atom. The minimum atomic E-state index is -3.90. The highest BCUT2D eigenvalue weighted by molar-refractivity contribution is 7.89. The number of aryl methyl sites for hydroxylation is 1. The molecule has 1 aromatic carbocycles. The van der Waals surface area contributed by atoms with Gasteiger partial charge in [-0.1, -0.05) is 29.3 Å². The maximum absolute atomic E-state index is 13.6. The molecule has 29 heavy (non-hydrogen) atoms. The second-order valence-electron chi connectivity index (χ2n) is 6.75. The molecule has 0 amide bonds. The Morgan fingerprint density at radius 1 is 1.21 bits per heavy atom. The number of sulfonamides is 1. The van der Waals surface area contributed by atoms with E-state index in [1.807, 2.05) is 13.0 Å². The minimum Gasteiger partial charge on any atom is -0.496 e. The maximum Gasteiger partial charge on any atom is 0.266 e. The fourth-order valence-corrected chi connectivity index (χ4v) is 5.24. The molecule has 0 saturated heterocycles. The van der Waals surface area contributed by atoms with Crippen LogP contribution in [0.25, 0.3) is 0 Å². The average Bonchev–Trinajstić information content (AvgIpc) is 3.35. The third kappa shape index (κ3) is 3.17. The number of halogens is 1. The molecule has 1 aliphatic heterocycles. The molecule has 2 unspecified atom stereocenters. The Balaban J connectivity index is 1.90. The Morgan fingerprint density at radius 3 is 2.52 bits per heavy atom. The standard InChI is InChI=1S/C20H20ClN3O4S/c1-14-4-6-16(7-5-14)29(25,26)24-17-12-20(21,28-3)18(27-2)10-15(17)11-19(24)23-9-8-22-13-23/h4-13,19H,1-3H3. The Hall–Kier alpha value is -2.55. The molecule has 0 saturated carbocycles. The van der Waals surface area contributed by atoms with E-state index in [1.165, 1.54) is 18.5 Å². The smallest absolute Gasteiger partial charge is 0.266 e. The predicted molar refractivity (Wildman–Crippen MR) is 108 cm³/mol. The molecule has 0 spiro atoms. The number of hydrogen-bond donors (Lipinski definition) is 0. The Kier molecular flexibility index (Phi) is 4.80. The molecule has 1 aromatic heterocycles. The van der Waals surface area contributed by atoms with E-state index in [4.69, 9.17) is 21.1 Å². The Labute approximate surface area is 174 Å². The van der Waals surface area contributed by atoms with Crippen LogP contribution < -0.4 is 0 Å². The number of hydrogen-bond acceptors (Lipinski definition) is 5. The number of allylic oxidation sites excluding steroid dienone is 1. The lowest BCUT2D eigenvalue weighted by Crippen LogP contribution is -2.36. The van der Waals surface area contributed by atoms with Crippen molar-refractivity contribution < 1.29 is 17.9 Å². The number of fused-ring (bicyclic) bond motifs is 1. The van der Waals surface area contributed by atoms with Gasteiger partial charge in [-0.05, 0) is 37.3 Å². The molecular formula is C20H20ClN3O4S. The first kappa shape index (κ1) is 19.8. The van der Waals surface area contributed by atoms with Crippen LogP contribution in [0.15, 0.2) is 83.1 Å². The van der Waals surface area contributed by atoms with Crippen molar-refractivity contribution in [1.29, 1.82) is 0 Å². The SMILES string of the molecule is COC1=CC2=CC(n3ccnc3)N(S(=O)(=O)c3ccc(C)cc3)C2=CC1(Cl)OC. The van der Waals surface area contributed by atoms with Crippen LogP contribution in [0, 0.1) is 6.92 Å². The maximum atomic E-state index is 13.6. The van der Waals surface area contributed by atoms with Crippen LogP contribution in [0.2, 0.25) is 0 Å². The van der Waals surface area contributed by atoms with Gasteiger partial charge in [0.15, 0.2) is 0 Å². The molecule has 152 valence electrons. The molecular weight excluding hydrogens is 414 g/mol. The van der Waals surface area contributed by atoms with Crippen LogP contribution in [0.4, 0.5) is 0 Å². The van der Waals surface area contributed by atoms with E-state index in [0.29, 0.717) is 17.0 Å². The van der Waals surface area contributed by atoms with Crippen molar-refractivity contribution in [3.63, 3.8) is 0 Å². The normalized spacial score (nSPS) is 23.9. The largest absolute Gasteiger partial charge is 0.496 e. The van der Waals surface area contributed by atoms with Crippen molar-refractivity contribution in [2.24, 2.45) is 0 Å². The number of methoxy groups -OCH3 is 2. The lowest BCUT2D eigenvalue weighted by molar-refractivity contribution is 0.0770. The zero-order valence-corrected chi connectivity index (χ0v) is 17.7. The van der Waals surface area contributed by atoms with Crippen molar-refractivity contribution in [2.45, 2.75) is 23.0 Å². The van der Waals surface area contributed by atoms with Gasteiger partial charge in [0.25, 0.3) is 10.0 Å². The van der Waals surface area contributed by atoms with Crippen LogP contribution in [0.3, 0.4) is 0 Å². The van der Waals surface area contributed by atoms with E-state index in [1.54, 1.807) is 59.7 Å². The van der Waals surface area contributed by atoms with Gasteiger partial charge in [0.2, 0.25) is 5.06 Å². The lowest BCUT2D eigenvalue weighted by atomic mass is 10.0. The highest BCUT2D eigenvalue weighted by Gasteiger charge is 2.45. The molecule has 9 heteroatoms. The second kappa shape index (κ2) is 7.05. The molecule has 2 aliphatic rings. The minimum absolute atomic E-state index is 0.183.